The first-order chi connectivity index (χ1) is 13.6. The Morgan fingerprint density at radius 1 is 1.18 bits per heavy atom. The summed E-state index contributed by atoms with van der Waals surface area (Å²) in [5, 5.41) is 3.97. The standard InChI is InChI=1S/C17H15F2N7O2/c18-16(19)11-1-2-14-20-6-13(26(14)23-11)12-5-15(22-9-21-12)24-3-4-25-10(7-24)8-28-17(25)27/h1-2,5-6,9-10,16H,3-4,7-8H2/t10-/m0/s1. The highest BCUT2D eigenvalue weighted by Gasteiger charge is 2.37. The molecule has 0 unspecified atom stereocenters. The van der Waals surface area contributed by atoms with Gasteiger partial charge in [-0.1, -0.05) is 0 Å². The van der Waals surface area contributed by atoms with Crippen molar-refractivity contribution in [3.63, 3.8) is 0 Å². The fourth-order valence-electron chi connectivity index (χ4n) is 3.54. The molecular formula is C17H15F2N7O2. The lowest BCUT2D eigenvalue weighted by atomic mass is 10.2. The number of imidazole rings is 1. The summed E-state index contributed by atoms with van der Waals surface area (Å²) in [6.07, 6.45) is 0.0161. The number of piperazine rings is 1. The van der Waals surface area contributed by atoms with Gasteiger partial charge in [0.15, 0.2) is 5.65 Å². The highest BCUT2D eigenvalue weighted by molar-refractivity contribution is 5.71. The Morgan fingerprint density at radius 3 is 2.93 bits per heavy atom. The van der Waals surface area contributed by atoms with Crippen molar-refractivity contribution >= 4 is 17.6 Å². The zero-order valence-electron chi connectivity index (χ0n) is 14.6. The van der Waals surface area contributed by atoms with Gasteiger partial charge in [0, 0.05) is 25.7 Å². The van der Waals surface area contributed by atoms with E-state index in [1.807, 2.05) is 0 Å². The molecule has 0 N–H and O–H groups in total. The summed E-state index contributed by atoms with van der Waals surface area (Å²) in [5.74, 6) is 0.684. The monoisotopic (exact) mass is 387 g/mol. The van der Waals surface area contributed by atoms with Gasteiger partial charge in [-0.2, -0.15) is 5.10 Å². The SMILES string of the molecule is O=C1OC[C@@H]2CN(c3cc(-c4cnc5ccc(C(F)F)nn45)ncn3)CCN12. The van der Waals surface area contributed by atoms with Gasteiger partial charge < -0.3 is 9.64 Å². The number of hydrogen-bond acceptors (Lipinski definition) is 7. The van der Waals surface area contributed by atoms with Crippen LogP contribution < -0.4 is 4.90 Å². The van der Waals surface area contributed by atoms with E-state index in [2.05, 4.69) is 25.0 Å². The molecule has 0 aliphatic carbocycles. The number of halogens is 2. The molecule has 11 heteroatoms. The molecule has 0 spiro atoms. The van der Waals surface area contributed by atoms with Crippen molar-refractivity contribution in [1.82, 2.24) is 29.5 Å². The first-order valence-electron chi connectivity index (χ1n) is 8.74. The lowest BCUT2D eigenvalue weighted by Crippen LogP contribution is -2.52. The van der Waals surface area contributed by atoms with Gasteiger partial charge in [-0.05, 0) is 12.1 Å². The third kappa shape index (κ3) is 2.70. The van der Waals surface area contributed by atoms with Crippen molar-refractivity contribution in [1.29, 1.82) is 0 Å². The number of nitrogens with zero attached hydrogens (tertiary/aromatic N) is 7. The minimum Gasteiger partial charge on any atom is -0.447 e. The second-order valence-electron chi connectivity index (χ2n) is 6.60. The van der Waals surface area contributed by atoms with Gasteiger partial charge in [0.1, 0.15) is 30.1 Å². The summed E-state index contributed by atoms with van der Waals surface area (Å²) < 4.78 is 32.5. The Morgan fingerprint density at radius 2 is 2.07 bits per heavy atom. The number of hydrogen-bond donors (Lipinski definition) is 0. The first kappa shape index (κ1) is 16.8. The first-order valence-corrected chi connectivity index (χ1v) is 8.74. The third-order valence-electron chi connectivity index (χ3n) is 4.96. The van der Waals surface area contributed by atoms with Gasteiger partial charge in [0.2, 0.25) is 0 Å². The molecule has 5 heterocycles. The molecule has 1 atom stereocenters. The molecule has 3 aromatic rings. The predicted molar refractivity (Wildman–Crippen MR) is 93.0 cm³/mol. The highest BCUT2D eigenvalue weighted by atomic mass is 19.3. The van der Waals surface area contributed by atoms with Crippen LogP contribution in [0.2, 0.25) is 0 Å². The molecule has 144 valence electrons. The van der Waals surface area contributed by atoms with Gasteiger partial charge in [-0.15, -0.1) is 0 Å². The lowest BCUT2D eigenvalue weighted by Gasteiger charge is -2.36. The lowest BCUT2D eigenvalue weighted by molar-refractivity contribution is 0.144. The maximum absolute atomic E-state index is 13.0. The molecule has 1 amide bonds. The number of amides is 1. The molecule has 0 radical (unpaired) electrons. The van der Waals surface area contributed by atoms with Crippen LogP contribution in [0.3, 0.4) is 0 Å². The summed E-state index contributed by atoms with van der Waals surface area (Å²) in [6.45, 7) is 2.13. The number of fused-ring (bicyclic) bond motifs is 2. The summed E-state index contributed by atoms with van der Waals surface area (Å²) in [6, 6.07) is 4.52. The maximum Gasteiger partial charge on any atom is 0.410 e. The van der Waals surface area contributed by atoms with E-state index in [1.165, 1.54) is 23.0 Å². The van der Waals surface area contributed by atoms with Crippen LogP contribution in [0.15, 0.2) is 30.7 Å². The number of carbonyl (C=O) groups excluding carboxylic acids is 1. The van der Waals surface area contributed by atoms with Gasteiger partial charge in [-0.25, -0.2) is 33.0 Å². The topological polar surface area (TPSA) is 88.8 Å². The Labute approximate surface area is 157 Å². The van der Waals surface area contributed by atoms with Crippen LogP contribution in [0.25, 0.3) is 17.0 Å². The molecule has 2 fully saturated rings. The molecule has 2 saturated heterocycles. The summed E-state index contributed by atoms with van der Waals surface area (Å²) in [5.41, 5.74) is 1.15. The van der Waals surface area contributed by atoms with Crippen LogP contribution in [-0.2, 0) is 4.74 Å². The number of cyclic esters (lactones) is 1. The van der Waals surface area contributed by atoms with E-state index in [9.17, 15) is 13.6 Å². The number of ether oxygens (including phenoxy) is 1. The smallest absolute Gasteiger partial charge is 0.410 e. The van der Waals surface area contributed by atoms with Crippen LogP contribution in [0, 0.1) is 0 Å². The zero-order valence-corrected chi connectivity index (χ0v) is 14.6. The molecular weight excluding hydrogens is 372 g/mol. The second kappa shape index (κ2) is 6.36. The molecule has 0 bridgehead atoms. The van der Waals surface area contributed by atoms with Crippen LogP contribution in [-0.4, -0.2) is 67.8 Å². The van der Waals surface area contributed by atoms with Crippen LogP contribution >= 0.6 is 0 Å². The van der Waals surface area contributed by atoms with Crippen molar-refractivity contribution in [2.75, 3.05) is 31.1 Å². The summed E-state index contributed by atoms with van der Waals surface area (Å²) in [4.78, 5) is 28.2. The number of rotatable bonds is 3. The Kier molecular flexibility index (Phi) is 3.81. The average Bonchev–Trinajstić information content (AvgIpc) is 3.31. The van der Waals surface area contributed by atoms with Crippen LogP contribution in [0.1, 0.15) is 12.1 Å². The van der Waals surface area contributed by atoms with Crippen molar-refractivity contribution < 1.29 is 18.3 Å². The largest absolute Gasteiger partial charge is 0.447 e. The van der Waals surface area contributed by atoms with Crippen molar-refractivity contribution in [2.45, 2.75) is 12.5 Å². The van der Waals surface area contributed by atoms with Crippen molar-refractivity contribution in [2.24, 2.45) is 0 Å². The average molecular weight is 387 g/mol. The number of aromatic nitrogens is 5. The molecule has 2 aliphatic rings. The number of alkyl halides is 2. The van der Waals surface area contributed by atoms with E-state index in [0.29, 0.717) is 49.1 Å². The summed E-state index contributed by atoms with van der Waals surface area (Å²) in [7, 11) is 0. The molecule has 5 rings (SSSR count). The predicted octanol–water partition coefficient (Wildman–Crippen LogP) is 1.76. The van der Waals surface area contributed by atoms with E-state index < -0.39 is 6.43 Å². The fraction of sp³-hybridized carbons (Fsp3) is 0.353. The van der Waals surface area contributed by atoms with E-state index in [1.54, 1.807) is 17.2 Å². The molecule has 0 aromatic carbocycles. The van der Waals surface area contributed by atoms with Gasteiger partial charge in [0.25, 0.3) is 6.43 Å². The quantitative estimate of drug-likeness (QED) is 0.677. The molecule has 3 aromatic heterocycles. The minimum atomic E-state index is -2.67. The molecule has 2 aliphatic heterocycles. The molecule has 28 heavy (non-hydrogen) atoms. The Bertz CT molecular complexity index is 1060. The molecule has 9 nitrogen and oxygen atoms in total. The molecule has 0 saturated carbocycles. The normalized spacial score (nSPS) is 19.4. The van der Waals surface area contributed by atoms with Crippen LogP contribution in [0.4, 0.5) is 19.4 Å². The van der Waals surface area contributed by atoms with Gasteiger partial charge in [-0.3, -0.25) is 4.90 Å². The fourth-order valence-corrected chi connectivity index (χ4v) is 3.54. The number of anilines is 1. The minimum absolute atomic E-state index is 0.00858. The van der Waals surface area contributed by atoms with E-state index >= 15 is 0 Å². The summed E-state index contributed by atoms with van der Waals surface area (Å²) >= 11 is 0. The maximum atomic E-state index is 13.0. The van der Waals surface area contributed by atoms with Gasteiger partial charge in [0.05, 0.1) is 17.9 Å². The van der Waals surface area contributed by atoms with Crippen molar-refractivity contribution in [3.8, 4) is 11.4 Å². The van der Waals surface area contributed by atoms with E-state index in [-0.39, 0.29) is 17.8 Å². The Hall–Kier alpha value is -3.37. The van der Waals surface area contributed by atoms with Crippen LogP contribution in [0.5, 0.6) is 0 Å². The third-order valence-corrected chi connectivity index (χ3v) is 4.96. The highest BCUT2D eigenvalue weighted by Crippen LogP contribution is 2.26. The number of carbonyl (C=O) groups is 1. The van der Waals surface area contributed by atoms with E-state index in [4.69, 9.17) is 4.74 Å². The van der Waals surface area contributed by atoms with E-state index in [0.717, 1.165) is 0 Å². The Balaban J connectivity index is 1.47. The van der Waals surface area contributed by atoms with Crippen molar-refractivity contribution in [3.05, 3.63) is 36.4 Å². The zero-order chi connectivity index (χ0) is 19.3. The van der Waals surface area contributed by atoms with Gasteiger partial charge >= 0.3 is 6.09 Å². The second-order valence-corrected chi connectivity index (χ2v) is 6.60.